The Morgan fingerprint density at radius 1 is 1.25 bits per heavy atom. The van der Waals surface area contributed by atoms with E-state index >= 15 is 4.39 Å². The molecule has 1 atom stereocenters. The summed E-state index contributed by atoms with van der Waals surface area (Å²) in [7, 11) is 3.76. The number of hydrogen-bond acceptors (Lipinski definition) is 7. The van der Waals surface area contributed by atoms with Gasteiger partial charge in [-0.1, -0.05) is 17.7 Å². The maximum atomic E-state index is 15.4. The highest BCUT2D eigenvalue weighted by atomic mass is 35.5. The van der Waals surface area contributed by atoms with Crippen LogP contribution < -0.4 is 5.32 Å². The van der Waals surface area contributed by atoms with E-state index in [-0.39, 0.29) is 40.6 Å². The molecule has 0 spiro atoms. The first kappa shape index (κ1) is 26.1. The highest BCUT2D eigenvalue weighted by Gasteiger charge is 2.31. The van der Waals surface area contributed by atoms with Crippen molar-refractivity contribution in [2.45, 2.75) is 19.2 Å². The van der Waals surface area contributed by atoms with E-state index in [1.165, 1.54) is 18.4 Å². The van der Waals surface area contributed by atoms with Crippen molar-refractivity contribution in [3.8, 4) is 5.75 Å². The lowest BCUT2D eigenvalue weighted by molar-refractivity contribution is 0.0964. The summed E-state index contributed by atoms with van der Waals surface area (Å²) in [5.41, 5.74) is 3.06. The molecule has 2 aromatic carbocycles. The number of carbonyl (C=O) groups excluding carboxylic acids is 1. The van der Waals surface area contributed by atoms with Crippen molar-refractivity contribution in [1.29, 1.82) is 0 Å². The summed E-state index contributed by atoms with van der Waals surface area (Å²) in [6.07, 6.45) is 5.58. The Morgan fingerprint density at radius 3 is 2.85 bits per heavy atom. The molecule has 6 rings (SSSR count). The molecular formula is C30H26ClFN4O4. The molecule has 10 heteroatoms. The summed E-state index contributed by atoms with van der Waals surface area (Å²) in [6, 6.07) is 9.57. The van der Waals surface area contributed by atoms with Crippen LogP contribution in [0, 0.1) is 5.82 Å². The standard InChI is InChI=1S/C30H26ClFN4O4/c1-35(2)10-7-24(38)27-25(20-4-3-9-33-30(20)39)26-23(14-21(32)19-8-11-40-28(19)26)36(27)15-17-12-16-5-6-18(37)13-22(16)34-29(17)31/h3-6,8-9,11-14,30,33,37,39H,7,10,15H2,1-2H3. The highest BCUT2D eigenvalue weighted by Crippen LogP contribution is 2.41. The third-order valence-corrected chi connectivity index (χ3v) is 7.46. The van der Waals surface area contributed by atoms with E-state index in [1.807, 2.05) is 25.1 Å². The van der Waals surface area contributed by atoms with Gasteiger partial charge in [0.1, 0.15) is 22.3 Å². The SMILES string of the molecule is CN(C)CCC(=O)c1c(C2=CC=CNC2O)c2c3occc3c(F)cc2n1Cc1cc2ccc(O)cc2nc1Cl. The minimum absolute atomic E-state index is 0.0681. The fourth-order valence-corrected chi connectivity index (χ4v) is 5.45. The van der Waals surface area contributed by atoms with Gasteiger partial charge in [-0.05, 0) is 56.7 Å². The normalized spacial score (nSPS) is 15.3. The molecule has 0 radical (unpaired) electrons. The number of rotatable bonds is 7. The molecule has 4 heterocycles. The van der Waals surface area contributed by atoms with Gasteiger partial charge in [-0.15, -0.1) is 0 Å². The van der Waals surface area contributed by atoms with Gasteiger partial charge >= 0.3 is 0 Å². The molecule has 0 bridgehead atoms. The molecular weight excluding hydrogens is 535 g/mol. The predicted molar refractivity (Wildman–Crippen MR) is 153 cm³/mol. The maximum absolute atomic E-state index is 15.4. The molecule has 3 aromatic heterocycles. The van der Waals surface area contributed by atoms with Gasteiger partial charge in [0, 0.05) is 41.1 Å². The molecule has 0 amide bonds. The van der Waals surface area contributed by atoms with Gasteiger partial charge < -0.3 is 29.4 Å². The van der Waals surface area contributed by atoms with Gasteiger partial charge in [0.25, 0.3) is 0 Å². The van der Waals surface area contributed by atoms with Crippen molar-refractivity contribution in [3.05, 3.63) is 88.8 Å². The number of aliphatic hydroxyl groups is 1. The molecule has 0 saturated carbocycles. The Hall–Kier alpha value is -4.18. The zero-order valence-corrected chi connectivity index (χ0v) is 22.5. The smallest absolute Gasteiger partial charge is 0.181 e. The molecule has 1 aliphatic heterocycles. The number of dihydropyridines is 1. The minimum atomic E-state index is -1.10. The highest BCUT2D eigenvalue weighted by molar-refractivity contribution is 6.30. The number of pyridine rings is 1. The number of aliphatic hydroxyl groups excluding tert-OH is 1. The Bertz CT molecular complexity index is 1870. The maximum Gasteiger partial charge on any atom is 0.181 e. The van der Waals surface area contributed by atoms with E-state index < -0.39 is 12.0 Å². The van der Waals surface area contributed by atoms with Gasteiger partial charge in [-0.2, -0.15) is 0 Å². The van der Waals surface area contributed by atoms with Crippen LogP contribution in [0.3, 0.4) is 0 Å². The van der Waals surface area contributed by atoms with Gasteiger partial charge in [-0.3, -0.25) is 4.79 Å². The second kappa shape index (κ2) is 10.1. The predicted octanol–water partition coefficient (Wildman–Crippen LogP) is 5.44. The van der Waals surface area contributed by atoms with E-state index in [2.05, 4.69) is 10.3 Å². The zero-order chi connectivity index (χ0) is 28.1. The first-order valence-corrected chi connectivity index (χ1v) is 13.1. The summed E-state index contributed by atoms with van der Waals surface area (Å²) in [5.74, 6) is -0.612. The number of allylic oxidation sites excluding steroid dienone is 2. The van der Waals surface area contributed by atoms with Crippen LogP contribution in [0.5, 0.6) is 5.75 Å². The molecule has 5 aromatic rings. The van der Waals surface area contributed by atoms with Crippen LogP contribution in [0.4, 0.5) is 4.39 Å². The number of phenols is 1. The average molecular weight is 561 g/mol. The molecule has 0 fully saturated rings. The quantitative estimate of drug-likeness (QED) is 0.180. The fourth-order valence-electron chi connectivity index (χ4n) is 5.24. The van der Waals surface area contributed by atoms with Crippen LogP contribution >= 0.6 is 11.6 Å². The van der Waals surface area contributed by atoms with E-state index in [0.29, 0.717) is 45.4 Å². The van der Waals surface area contributed by atoms with E-state index in [0.717, 1.165) is 5.39 Å². The van der Waals surface area contributed by atoms with E-state index in [1.54, 1.807) is 41.1 Å². The number of carbonyl (C=O) groups is 1. The Labute approximate surface area is 233 Å². The number of aromatic hydroxyl groups is 1. The number of halogens is 2. The summed E-state index contributed by atoms with van der Waals surface area (Å²) in [6.45, 7) is 0.590. The molecule has 40 heavy (non-hydrogen) atoms. The van der Waals surface area contributed by atoms with Crippen LogP contribution in [-0.2, 0) is 6.54 Å². The Kier molecular flexibility index (Phi) is 6.58. The lowest BCUT2D eigenvalue weighted by atomic mass is 9.95. The summed E-state index contributed by atoms with van der Waals surface area (Å²) < 4.78 is 22.9. The number of aromatic nitrogens is 2. The van der Waals surface area contributed by atoms with Gasteiger partial charge in [0.05, 0.1) is 40.3 Å². The minimum Gasteiger partial charge on any atom is -0.508 e. The van der Waals surface area contributed by atoms with Crippen LogP contribution in [0.15, 0.2) is 65.4 Å². The summed E-state index contributed by atoms with van der Waals surface area (Å²) in [4.78, 5) is 20.4. The first-order valence-electron chi connectivity index (χ1n) is 12.7. The topological polar surface area (TPSA) is 104 Å². The number of hydrogen-bond donors (Lipinski definition) is 3. The molecule has 3 N–H and O–H groups in total. The second-order valence-corrected chi connectivity index (χ2v) is 10.4. The fraction of sp³-hybridized carbons (Fsp3) is 0.200. The van der Waals surface area contributed by atoms with Crippen LogP contribution in [-0.4, -0.2) is 57.3 Å². The number of ketones is 1. The molecule has 8 nitrogen and oxygen atoms in total. The number of nitrogens with zero attached hydrogens (tertiary/aromatic N) is 3. The van der Waals surface area contributed by atoms with Gasteiger partial charge in [-0.25, -0.2) is 9.37 Å². The Balaban J connectivity index is 1.66. The summed E-state index contributed by atoms with van der Waals surface area (Å²) in [5, 5.41) is 25.4. The third kappa shape index (κ3) is 4.42. The lowest BCUT2D eigenvalue weighted by Gasteiger charge is -2.20. The number of benzene rings is 2. The van der Waals surface area contributed by atoms with E-state index in [4.69, 9.17) is 16.0 Å². The number of Topliss-reactive ketones (excluding diaryl/α,β-unsaturated/α-hetero) is 1. The van der Waals surface area contributed by atoms with Crippen molar-refractivity contribution in [3.63, 3.8) is 0 Å². The average Bonchev–Trinajstić information content (AvgIpc) is 3.52. The van der Waals surface area contributed by atoms with Gasteiger partial charge in [0.15, 0.2) is 12.0 Å². The molecule has 1 aliphatic rings. The monoisotopic (exact) mass is 560 g/mol. The largest absolute Gasteiger partial charge is 0.508 e. The Morgan fingerprint density at radius 2 is 2.08 bits per heavy atom. The van der Waals surface area contributed by atoms with Crippen molar-refractivity contribution in [2.24, 2.45) is 0 Å². The molecule has 204 valence electrons. The molecule has 0 saturated heterocycles. The second-order valence-electron chi connectivity index (χ2n) is 10.1. The molecule has 1 unspecified atom stereocenters. The van der Waals surface area contributed by atoms with Gasteiger partial charge in [0.2, 0.25) is 0 Å². The number of phenolic OH excluding ortho intramolecular Hbond substituents is 1. The van der Waals surface area contributed by atoms with Crippen molar-refractivity contribution in [1.82, 2.24) is 19.8 Å². The summed E-state index contributed by atoms with van der Waals surface area (Å²) >= 11 is 6.62. The van der Waals surface area contributed by atoms with E-state index in [9.17, 15) is 15.0 Å². The number of nitrogens with one attached hydrogen (secondary N) is 1. The van der Waals surface area contributed by atoms with Crippen LogP contribution in [0.1, 0.15) is 28.0 Å². The number of fused-ring (bicyclic) bond motifs is 4. The van der Waals surface area contributed by atoms with Crippen LogP contribution in [0.2, 0.25) is 5.15 Å². The third-order valence-electron chi connectivity index (χ3n) is 7.13. The number of furan rings is 1. The van der Waals surface area contributed by atoms with Crippen molar-refractivity contribution < 1.29 is 23.8 Å². The van der Waals surface area contributed by atoms with Crippen molar-refractivity contribution >= 4 is 55.7 Å². The first-order chi connectivity index (χ1) is 19.2. The molecule has 0 aliphatic carbocycles. The lowest BCUT2D eigenvalue weighted by Crippen LogP contribution is -2.28. The zero-order valence-electron chi connectivity index (χ0n) is 21.8. The van der Waals surface area contributed by atoms with Crippen LogP contribution in [0.25, 0.3) is 38.3 Å². The van der Waals surface area contributed by atoms with Crippen molar-refractivity contribution in [2.75, 3.05) is 20.6 Å².